The van der Waals surface area contributed by atoms with Crippen molar-refractivity contribution < 1.29 is 19.1 Å². The molecule has 0 radical (unpaired) electrons. The number of methoxy groups -OCH3 is 1. The van der Waals surface area contributed by atoms with Crippen molar-refractivity contribution in [2.75, 3.05) is 26.7 Å². The summed E-state index contributed by atoms with van der Waals surface area (Å²) in [6.07, 6.45) is 3.55. The predicted molar refractivity (Wildman–Crippen MR) is 121 cm³/mol. The summed E-state index contributed by atoms with van der Waals surface area (Å²) in [6, 6.07) is 16.2. The molecule has 2 saturated heterocycles. The fourth-order valence-electron chi connectivity index (χ4n) is 4.72. The van der Waals surface area contributed by atoms with E-state index in [1.807, 2.05) is 35.2 Å². The Morgan fingerprint density at radius 1 is 0.938 bits per heavy atom. The van der Waals surface area contributed by atoms with Gasteiger partial charge in [0.25, 0.3) is 0 Å². The number of amides is 2. The highest BCUT2D eigenvalue weighted by molar-refractivity contribution is 5.98. The zero-order valence-corrected chi connectivity index (χ0v) is 18.5. The highest BCUT2D eigenvalue weighted by atomic mass is 16.5. The monoisotopic (exact) mass is 434 g/mol. The first-order valence-corrected chi connectivity index (χ1v) is 11.4. The van der Waals surface area contributed by atoms with Gasteiger partial charge in [-0.1, -0.05) is 30.3 Å². The third kappa shape index (κ3) is 4.69. The van der Waals surface area contributed by atoms with E-state index in [0.717, 1.165) is 24.2 Å². The van der Waals surface area contributed by atoms with Crippen molar-refractivity contribution in [3.8, 4) is 5.75 Å². The zero-order valence-electron chi connectivity index (χ0n) is 18.5. The molecular weight excluding hydrogens is 404 g/mol. The first-order chi connectivity index (χ1) is 15.6. The summed E-state index contributed by atoms with van der Waals surface area (Å²) >= 11 is 0. The van der Waals surface area contributed by atoms with Gasteiger partial charge in [-0.3, -0.25) is 14.4 Å². The van der Waals surface area contributed by atoms with Crippen LogP contribution in [0.1, 0.15) is 54.1 Å². The van der Waals surface area contributed by atoms with Crippen LogP contribution >= 0.6 is 0 Å². The van der Waals surface area contributed by atoms with Crippen LogP contribution in [0.2, 0.25) is 0 Å². The van der Waals surface area contributed by atoms with Crippen molar-refractivity contribution in [1.29, 1.82) is 0 Å². The lowest BCUT2D eigenvalue weighted by atomic mass is 9.88. The van der Waals surface area contributed by atoms with E-state index in [0.29, 0.717) is 44.5 Å². The molecule has 2 aliphatic rings. The Labute approximate surface area is 189 Å². The third-order valence-corrected chi connectivity index (χ3v) is 6.57. The Morgan fingerprint density at radius 3 is 2.25 bits per heavy atom. The number of benzene rings is 2. The minimum absolute atomic E-state index is 0.0400. The molecule has 0 spiro atoms. The van der Waals surface area contributed by atoms with Gasteiger partial charge in [0.15, 0.2) is 5.78 Å². The van der Waals surface area contributed by atoms with Crippen LogP contribution in [0.25, 0.3) is 0 Å². The van der Waals surface area contributed by atoms with Gasteiger partial charge in [0, 0.05) is 37.5 Å². The number of carbonyl (C=O) groups excluding carboxylic acids is 3. The molecule has 2 aromatic rings. The summed E-state index contributed by atoms with van der Waals surface area (Å²) in [5.74, 6) is 0.746. The van der Waals surface area contributed by atoms with Crippen LogP contribution in [0.4, 0.5) is 0 Å². The molecule has 0 bridgehead atoms. The van der Waals surface area contributed by atoms with Crippen molar-refractivity contribution in [3.05, 3.63) is 65.7 Å². The maximum Gasteiger partial charge on any atom is 0.250 e. The van der Waals surface area contributed by atoms with Gasteiger partial charge in [-0.15, -0.1) is 0 Å². The van der Waals surface area contributed by atoms with Crippen LogP contribution in [-0.2, 0) is 9.59 Å². The molecule has 1 atom stereocenters. The minimum Gasteiger partial charge on any atom is -0.497 e. The molecule has 32 heavy (non-hydrogen) atoms. The summed E-state index contributed by atoms with van der Waals surface area (Å²) in [6.45, 7) is 1.66. The van der Waals surface area contributed by atoms with E-state index >= 15 is 0 Å². The molecule has 168 valence electrons. The number of nitrogens with zero attached hydrogens (tertiary/aromatic N) is 2. The molecule has 4 rings (SSSR count). The highest BCUT2D eigenvalue weighted by Gasteiger charge is 2.37. The Kier molecular flexibility index (Phi) is 6.88. The number of piperidine rings is 2. The lowest BCUT2D eigenvalue weighted by molar-refractivity contribution is -0.148. The van der Waals surface area contributed by atoms with Gasteiger partial charge >= 0.3 is 0 Å². The fraction of sp³-hybridized carbons (Fsp3) is 0.423. The normalized spacial score (nSPS) is 18.3. The topological polar surface area (TPSA) is 66.9 Å². The molecule has 2 heterocycles. The van der Waals surface area contributed by atoms with Crippen LogP contribution in [0.5, 0.6) is 5.75 Å². The number of likely N-dealkylation sites (tertiary alicyclic amines) is 2. The van der Waals surface area contributed by atoms with E-state index in [1.165, 1.54) is 0 Å². The van der Waals surface area contributed by atoms with Gasteiger partial charge in [0.1, 0.15) is 11.8 Å². The number of ketones is 1. The van der Waals surface area contributed by atoms with E-state index in [4.69, 9.17) is 4.74 Å². The van der Waals surface area contributed by atoms with Crippen LogP contribution in [0.3, 0.4) is 0 Å². The Bertz CT molecular complexity index is 950. The van der Waals surface area contributed by atoms with Crippen LogP contribution < -0.4 is 4.74 Å². The molecule has 1 unspecified atom stereocenters. The smallest absolute Gasteiger partial charge is 0.250 e. The fourth-order valence-corrected chi connectivity index (χ4v) is 4.72. The van der Waals surface area contributed by atoms with E-state index in [9.17, 15) is 14.4 Å². The molecule has 6 nitrogen and oxygen atoms in total. The van der Waals surface area contributed by atoms with Gasteiger partial charge in [0.2, 0.25) is 11.8 Å². The molecule has 0 aliphatic carbocycles. The summed E-state index contributed by atoms with van der Waals surface area (Å²) in [5, 5.41) is 0. The average molecular weight is 435 g/mol. The lowest BCUT2D eigenvalue weighted by Crippen LogP contribution is -2.49. The zero-order chi connectivity index (χ0) is 22.5. The standard InChI is InChI=1S/C26H30N2O4/c1-32-22-12-10-20(11-13-22)25(30)21-14-17-27(18-15-21)26(31)24(19-7-3-2-4-8-19)28-16-6-5-9-23(28)29/h2-4,7-8,10-13,21,24H,5-6,9,14-18H2,1H3. The molecule has 0 N–H and O–H groups in total. The lowest BCUT2D eigenvalue weighted by Gasteiger charge is -2.39. The molecule has 0 aromatic heterocycles. The molecule has 2 aromatic carbocycles. The molecule has 2 fully saturated rings. The van der Waals surface area contributed by atoms with Crippen molar-refractivity contribution in [2.45, 2.75) is 38.1 Å². The Morgan fingerprint density at radius 2 is 1.62 bits per heavy atom. The van der Waals surface area contributed by atoms with Crippen molar-refractivity contribution >= 4 is 17.6 Å². The number of hydrogen-bond donors (Lipinski definition) is 0. The van der Waals surface area contributed by atoms with Gasteiger partial charge in [-0.2, -0.15) is 0 Å². The Balaban J connectivity index is 1.45. The number of Topliss-reactive ketones (excluding diaryl/α,β-unsaturated/α-hetero) is 1. The third-order valence-electron chi connectivity index (χ3n) is 6.57. The summed E-state index contributed by atoms with van der Waals surface area (Å²) in [7, 11) is 1.60. The second kappa shape index (κ2) is 9.98. The van der Waals surface area contributed by atoms with E-state index in [2.05, 4.69) is 0 Å². The van der Waals surface area contributed by atoms with Crippen LogP contribution in [0.15, 0.2) is 54.6 Å². The van der Waals surface area contributed by atoms with Gasteiger partial charge in [0.05, 0.1) is 7.11 Å². The molecule has 0 saturated carbocycles. The maximum atomic E-state index is 13.6. The van der Waals surface area contributed by atoms with Crippen LogP contribution in [-0.4, -0.2) is 54.1 Å². The molecule has 2 aliphatic heterocycles. The van der Waals surface area contributed by atoms with Crippen molar-refractivity contribution in [1.82, 2.24) is 9.80 Å². The van der Waals surface area contributed by atoms with Crippen molar-refractivity contribution in [2.24, 2.45) is 5.92 Å². The summed E-state index contributed by atoms with van der Waals surface area (Å²) in [4.78, 5) is 42.7. The first-order valence-electron chi connectivity index (χ1n) is 11.4. The van der Waals surface area contributed by atoms with E-state index < -0.39 is 6.04 Å². The van der Waals surface area contributed by atoms with E-state index in [1.54, 1.807) is 36.3 Å². The number of rotatable bonds is 6. The largest absolute Gasteiger partial charge is 0.497 e. The second-order valence-electron chi connectivity index (χ2n) is 8.55. The molecule has 6 heteroatoms. The van der Waals surface area contributed by atoms with Gasteiger partial charge in [-0.25, -0.2) is 0 Å². The predicted octanol–water partition coefficient (Wildman–Crippen LogP) is 3.87. The Hall–Kier alpha value is -3.15. The first kappa shape index (κ1) is 22.1. The van der Waals surface area contributed by atoms with E-state index in [-0.39, 0.29) is 23.5 Å². The average Bonchev–Trinajstić information content (AvgIpc) is 2.85. The summed E-state index contributed by atoms with van der Waals surface area (Å²) < 4.78 is 5.17. The number of ether oxygens (including phenoxy) is 1. The van der Waals surface area contributed by atoms with Gasteiger partial charge in [-0.05, 0) is 55.5 Å². The van der Waals surface area contributed by atoms with Gasteiger partial charge < -0.3 is 14.5 Å². The quantitative estimate of drug-likeness (QED) is 0.648. The van der Waals surface area contributed by atoms with Crippen LogP contribution in [0, 0.1) is 5.92 Å². The highest BCUT2D eigenvalue weighted by Crippen LogP contribution is 2.30. The number of carbonyl (C=O) groups is 3. The summed E-state index contributed by atoms with van der Waals surface area (Å²) in [5.41, 5.74) is 1.53. The SMILES string of the molecule is COc1ccc(C(=O)C2CCN(C(=O)C(c3ccccc3)N3CCCCC3=O)CC2)cc1. The number of hydrogen-bond acceptors (Lipinski definition) is 4. The minimum atomic E-state index is -0.585. The second-order valence-corrected chi connectivity index (χ2v) is 8.55. The maximum absolute atomic E-state index is 13.6. The molecular formula is C26H30N2O4. The molecule has 2 amide bonds. The van der Waals surface area contributed by atoms with Crippen molar-refractivity contribution in [3.63, 3.8) is 0 Å².